The first-order valence-corrected chi connectivity index (χ1v) is 7.85. The minimum atomic E-state index is 0.464. The molecular weight excluding hydrogens is 310 g/mol. The highest BCUT2D eigenvalue weighted by Gasteiger charge is 2.09. The number of likely N-dealkylation sites (N-methyl/N-ethyl adjacent to an activating group) is 1. The van der Waals surface area contributed by atoms with Gasteiger partial charge in [-0.1, -0.05) is 46.3 Å². The van der Waals surface area contributed by atoms with E-state index in [0.29, 0.717) is 6.04 Å². The van der Waals surface area contributed by atoms with Crippen LogP contribution < -0.4 is 5.32 Å². The molecule has 0 heterocycles. The fourth-order valence-corrected chi connectivity index (χ4v) is 2.89. The average Bonchev–Trinajstić information content (AvgIpc) is 2.42. The number of aryl methyl sites for hydroxylation is 2. The molecule has 0 radical (unpaired) electrons. The fourth-order valence-electron chi connectivity index (χ4n) is 2.44. The van der Waals surface area contributed by atoms with Gasteiger partial charge in [0.15, 0.2) is 0 Å². The Labute approximate surface area is 130 Å². The van der Waals surface area contributed by atoms with Crippen molar-refractivity contribution in [3.8, 4) is 0 Å². The average molecular weight is 332 g/mol. The maximum absolute atomic E-state index is 3.54. The Balaban J connectivity index is 2.07. The Kier molecular flexibility index (Phi) is 5.38. The lowest BCUT2D eigenvalue weighted by atomic mass is 9.97. The number of hydrogen-bond acceptors (Lipinski definition) is 1. The zero-order chi connectivity index (χ0) is 14.5. The van der Waals surface area contributed by atoms with Crippen molar-refractivity contribution in [1.82, 2.24) is 5.32 Å². The van der Waals surface area contributed by atoms with Crippen LogP contribution in [0.25, 0.3) is 0 Å². The third-order valence-electron chi connectivity index (χ3n) is 3.83. The predicted octanol–water partition coefficient (Wildman–Crippen LogP) is 4.44. The maximum atomic E-state index is 3.54. The predicted molar refractivity (Wildman–Crippen MR) is 90.3 cm³/mol. The van der Waals surface area contributed by atoms with E-state index >= 15 is 0 Å². The summed E-state index contributed by atoms with van der Waals surface area (Å²) in [5, 5.41) is 3.44. The van der Waals surface area contributed by atoms with Crippen molar-refractivity contribution in [1.29, 1.82) is 0 Å². The van der Waals surface area contributed by atoms with Gasteiger partial charge in [-0.3, -0.25) is 0 Å². The molecule has 2 rings (SSSR count). The van der Waals surface area contributed by atoms with E-state index in [-0.39, 0.29) is 0 Å². The van der Waals surface area contributed by atoms with Crippen LogP contribution in [0, 0.1) is 13.8 Å². The van der Waals surface area contributed by atoms with Crippen molar-refractivity contribution >= 4 is 15.9 Å². The molecule has 0 saturated heterocycles. The second kappa shape index (κ2) is 7.05. The molecule has 0 amide bonds. The smallest absolute Gasteiger partial charge is 0.0178 e. The van der Waals surface area contributed by atoms with Crippen LogP contribution in [0.3, 0.4) is 0 Å². The molecule has 1 unspecified atom stereocenters. The second-order valence-electron chi connectivity index (χ2n) is 5.44. The standard InChI is InChI=1S/C18H22BrN/c1-13-7-8-16(9-14(13)2)12-18(20-3)11-15-5-4-6-17(19)10-15/h4-10,18,20H,11-12H2,1-3H3. The largest absolute Gasteiger partial charge is 0.316 e. The molecule has 1 N–H and O–H groups in total. The normalized spacial score (nSPS) is 12.4. The maximum Gasteiger partial charge on any atom is 0.0178 e. The summed E-state index contributed by atoms with van der Waals surface area (Å²) in [4.78, 5) is 0. The summed E-state index contributed by atoms with van der Waals surface area (Å²) in [6.07, 6.45) is 2.10. The topological polar surface area (TPSA) is 12.0 Å². The first kappa shape index (κ1) is 15.3. The summed E-state index contributed by atoms with van der Waals surface area (Å²) in [6, 6.07) is 15.8. The first-order chi connectivity index (χ1) is 9.58. The third-order valence-corrected chi connectivity index (χ3v) is 4.33. The van der Waals surface area contributed by atoms with Crippen molar-refractivity contribution in [3.05, 3.63) is 69.2 Å². The molecule has 20 heavy (non-hydrogen) atoms. The number of rotatable bonds is 5. The molecule has 0 saturated carbocycles. The van der Waals surface area contributed by atoms with Crippen molar-refractivity contribution in [2.75, 3.05) is 7.05 Å². The zero-order valence-electron chi connectivity index (χ0n) is 12.4. The van der Waals surface area contributed by atoms with Crippen molar-refractivity contribution in [2.45, 2.75) is 32.7 Å². The Morgan fingerprint density at radius 3 is 2.25 bits per heavy atom. The van der Waals surface area contributed by atoms with Crippen molar-refractivity contribution in [3.63, 3.8) is 0 Å². The molecule has 2 aromatic carbocycles. The summed E-state index contributed by atoms with van der Waals surface area (Å²) < 4.78 is 1.15. The van der Waals surface area contributed by atoms with Gasteiger partial charge in [0, 0.05) is 10.5 Å². The lowest BCUT2D eigenvalue weighted by molar-refractivity contribution is 0.556. The van der Waals surface area contributed by atoms with Gasteiger partial charge >= 0.3 is 0 Å². The SMILES string of the molecule is CNC(Cc1cccc(Br)c1)Cc1ccc(C)c(C)c1. The molecule has 1 nitrogen and oxygen atoms in total. The molecule has 2 aromatic rings. The van der Waals surface area contributed by atoms with E-state index in [2.05, 4.69) is 77.6 Å². The Morgan fingerprint density at radius 2 is 1.65 bits per heavy atom. The van der Waals surface area contributed by atoms with Crippen LogP contribution in [0.1, 0.15) is 22.3 Å². The van der Waals surface area contributed by atoms with E-state index in [9.17, 15) is 0 Å². The summed E-state index contributed by atoms with van der Waals surface area (Å²) in [5.41, 5.74) is 5.51. The van der Waals surface area contributed by atoms with Crippen LogP contribution in [0.2, 0.25) is 0 Å². The third kappa shape index (κ3) is 4.19. The molecular formula is C18H22BrN. The Bertz CT molecular complexity index is 577. The molecule has 1 atom stereocenters. The van der Waals surface area contributed by atoms with Crippen LogP contribution in [0.15, 0.2) is 46.9 Å². The minimum absolute atomic E-state index is 0.464. The van der Waals surface area contributed by atoms with E-state index in [4.69, 9.17) is 0 Å². The summed E-state index contributed by atoms with van der Waals surface area (Å²) in [7, 11) is 2.05. The molecule has 0 fully saturated rings. The van der Waals surface area contributed by atoms with Crippen LogP contribution in [-0.2, 0) is 12.8 Å². The lowest BCUT2D eigenvalue weighted by Crippen LogP contribution is -2.29. The first-order valence-electron chi connectivity index (χ1n) is 7.06. The van der Waals surface area contributed by atoms with Gasteiger partial charge in [-0.15, -0.1) is 0 Å². The van der Waals surface area contributed by atoms with E-state index in [1.807, 2.05) is 7.05 Å². The van der Waals surface area contributed by atoms with E-state index in [0.717, 1.165) is 17.3 Å². The molecule has 0 aliphatic rings. The molecule has 0 aliphatic carbocycles. The van der Waals surface area contributed by atoms with Gasteiger partial charge in [0.1, 0.15) is 0 Å². The van der Waals surface area contributed by atoms with E-state index < -0.39 is 0 Å². The van der Waals surface area contributed by atoms with Gasteiger partial charge in [-0.25, -0.2) is 0 Å². The Hall–Kier alpha value is -1.12. The Morgan fingerprint density at radius 1 is 0.950 bits per heavy atom. The second-order valence-corrected chi connectivity index (χ2v) is 6.36. The number of benzene rings is 2. The van der Waals surface area contributed by atoms with E-state index in [1.165, 1.54) is 22.3 Å². The highest BCUT2D eigenvalue weighted by molar-refractivity contribution is 9.10. The number of hydrogen-bond donors (Lipinski definition) is 1. The zero-order valence-corrected chi connectivity index (χ0v) is 14.0. The van der Waals surface area contributed by atoms with Crippen LogP contribution in [-0.4, -0.2) is 13.1 Å². The highest BCUT2D eigenvalue weighted by atomic mass is 79.9. The van der Waals surface area contributed by atoms with Gasteiger partial charge in [0.25, 0.3) is 0 Å². The molecule has 0 spiro atoms. The minimum Gasteiger partial charge on any atom is -0.316 e. The van der Waals surface area contributed by atoms with Gasteiger partial charge in [0.2, 0.25) is 0 Å². The van der Waals surface area contributed by atoms with Gasteiger partial charge in [-0.05, 0) is 68.1 Å². The molecule has 0 aromatic heterocycles. The van der Waals surface area contributed by atoms with E-state index in [1.54, 1.807) is 0 Å². The molecule has 0 aliphatic heterocycles. The van der Waals surface area contributed by atoms with Crippen molar-refractivity contribution < 1.29 is 0 Å². The van der Waals surface area contributed by atoms with Crippen LogP contribution in [0.4, 0.5) is 0 Å². The number of halogens is 1. The molecule has 0 bridgehead atoms. The summed E-state index contributed by atoms with van der Waals surface area (Å²) >= 11 is 3.54. The van der Waals surface area contributed by atoms with Crippen LogP contribution >= 0.6 is 15.9 Å². The lowest BCUT2D eigenvalue weighted by Gasteiger charge is -2.17. The number of nitrogens with one attached hydrogen (secondary N) is 1. The van der Waals surface area contributed by atoms with Crippen LogP contribution in [0.5, 0.6) is 0 Å². The fraction of sp³-hybridized carbons (Fsp3) is 0.333. The molecule has 2 heteroatoms. The quantitative estimate of drug-likeness (QED) is 0.854. The monoisotopic (exact) mass is 331 g/mol. The molecule has 106 valence electrons. The van der Waals surface area contributed by atoms with Crippen molar-refractivity contribution in [2.24, 2.45) is 0 Å². The van der Waals surface area contributed by atoms with Gasteiger partial charge < -0.3 is 5.32 Å². The van der Waals surface area contributed by atoms with Gasteiger partial charge in [-0.2, -0.15) is 0 Å². The summed E-state index contributed by atoms with van der Waals surface area (Å²) in [6.45, 7) is 4.34. The van der Waals surface area contributed by atoms with Gasteiger partial charge in [0.05, 0.1) is 0 Å². The summed E-state index contributed by atoms with van der Waals surface area (Å²) in [5.74, 6) is 0. The highest BCUT2D eigenvalue weighted by Crippen LogP contribution is 2.16.